The molecule has 3 aliphatic heterocycles. The molecule has 160 valence electrons. The Morgan fingerprint density at radius 1 is 1.45 bits per heavy atom. The molecule has 2 bridgehead atoms. The number of hydrogen-bond acceptors (Lipinski definition) is 8. The minimum Gasteiger partial charge on any atom is -0.458 e. The van der Waals surface area contributed by atoms with Crippen LogP contribution in [0, 0.1) is 5.92 Å². The Morgan fingerprint density at radius 3 is 2.72 bits per heavy atom. The molecule has 2 saturated heterocycles. The van der Waals surface area contributed by atoms with Crippen molar-refractivity contribution in [3.63, 3.8) is 0 Å². The number of carbonyl (C=O) groups excluding carboxylic acids is 2. The van der Waals surface area contributed by atoms with E-state index in [9.17, 15) is 19.8 Å². The van der Waals surface area contributed by atoms with E-state index in [1.807, 2.05) is 0 Å². The fourth-order valence-electron chi connectivity index (χ4n) is 4.26. The van der Waals surface area contributed by atoms with E-state index in [1.54, 1.807) is 32.9 Å². The summed E-state index contributed by atoms with van der Waals surface area (Å²) in [5.74, 6) is -3.19. The van der Waals surface area contributed by atoms with Crippen molar-refractivity contribution in [1.82, 2.24) is 0 Å². The Labute approximate surface area is 169 Å². The number of esters is 2. The van der Waals surface area contributed by atoms with E-state index in [0.29, 0.717) is 11.1 Å². The highest BCUT2D eigenvalue weighted by molar-refractivity contribution is 5.92. The van der Waals surface area contributed by atoms with Gasteiger partial charge in [0, 0.05) is 36.7 Å². The Kier molecular flexibility index (Phi) is 5.75. The minimum absolute atomic E-state index is 0.0766. The number of carbonyl (C=O) groups is 2. The van der Waals surface area contributed by atoms with Gasteiger partial charge in [0.05, 0.1) is 24.2 Å². The first-order chi connectivity index (χ1) is 13.6. The maximum absolute atomic E-state index is 12.5. The molecule has 0 amide bonds. The van der Waals surface area contributed by atoms with Crippen LogP contribution in [0.15, 0.2) is 35.5 Å². The summed E-state index contributed by atoms with van der Waals surface area (Å²) in [5, 5.41) is 20.8. The van der Waals surface area contributed by atoms with Crippen LogP contribution in [0.25, 0.3) is 0 Å². The molecule has 2 N–H and O–H groups in total. The molecule has 8 heteroatoms. The summed E-state index contributed by atoms with van der Waals surface area (Å²) in [6.45, 7) is 8.45. The molecule has 6 atom stereocenters. The average Bonchev–Trinajstić information content (AvgIpc) is 3.12. The molecule has 0 saturated carbocycles. The fourth-order valence-corrected chi connectivity index (χ4v) is 4.26. The van der Waals surface area contributed by atoms with Crippen LogP contribution in [0.4, 0.5) is 0 Å². The molecule has 3 aliphatic rings. The van der Waals surface area contributed by atoms with Crippen molar-refractivity contribution in [1.29, 1.82) is 0 Å². The smallest absolute Gasteiger partial charge is 0.334 e. The van der Waals surface area contributed by atoms with Crippen molar-refractivity contribution in [3.05, 3.63) is 35.5 Å². The number of fused-ring (bicyclic) bond motifs is 3. The molecule has 8 nitrogen and oxygen atoms in total. The van der Waals surface area contributed by atoms with Gasteiger partial charge < -0.3 is 29.2 Å². The van der Waals surface area contributed by atoms with Gasteiger partial charge in [-0.2, -0.15) is 0 Å². The monoisotopic (exact) mass is 408 g/mol. The lowest BCUT2D eigenvalue weighted by molar-refractivity contribution is -0.225. The zero-order valence-corrected chi connectivity index (χ0v) is 17.1. The zero-order valence-electron chi connectivity index (χ0n) is 17.1. The van der Waals surface area contributed by atoms with Crippen molar-refractivity contribution in [3.8, 4) is 0 Å². The molecular formula is C21H28O8. The van der Waals surface area contributed by atoms with Gasteiger partial charge in [-0.3, -0.25) is 0 Å². The first-order valence-corrected chi connectivity index (χ1v) is 9.60. The molecule has 3 heterocycles. The van der Waals surface area contributed by atoms with Crippen molar-refractivity contribution >= 4 is 11.9 Å². The number of ether oxygens (including phenoxy) is 4. The van der Waals surface area contributed by atoms with E-state index in [4.69, 9.17) is 18.9 Å². The summed E-state index contributed by atoms with van der Waals surface area (Å²) in [5.41, 5.74) is -0.244. The lowest BCUT2D eigenvalue weighted by atomic mass is 9.80. The van der Waals surface area contributed by atoms with E-state index in [1.165, 1.54) is 7.11 Å². The molecule has 29 heavy (non-hydrogen) atoms. The predicted molar refractivity (Wildman–Crippen MR) is 101 cm³/mol. The number of allylic oxidation sites excluding steroid dienone is 1. The molecule has 3 rings (SSSR count). The molecular weight excluding hydrogens is 380 g/mol. The topological polar surface area (TPSA) is 112 Å². The maximum atomic E-state index is 12.5. The van der Waals surface area contributed by atoms with Crippen LogP contribution >= 0.6 is 0 Å². The van der Waals surface area contributed by atoms with Crippen molar-refractivity contribution < 1.29 is 38.7 Å². The summed E-state index contributed by atoms with van der Waals surface area (Å²) in [6.07, 6.45) is 0.738. The molecule has 0 aliphatic carbocycles. The van der Waals surface area contributed by atoms with E-state index >= 15 is 0 Å². The summed E-state index contributed by atoms with van der Waals surface area (Å²) in [7, 11) is 1.42. The number of methoxy groups -OCH3 is 1. The van der Waals surface area contributed by atoms with Crippen LogP contribution in [-0.4, -0.2) is 65.6 Å². The molecule has 6 unspecified atom stereocenters. The summed E-state index contributed by atoms with van der Waals surface area (Å²) in [6, 6.07) is 0. The molecule has 0 aromatic carbocycles. The average molecular weight is 408 g/mol. The fraction of sp³-hybridized carbons (Fsp3) is 0.619. The van der Waals surface area contributed by atoms with Crippen LogP contribution in [0.5, 0.6) is 0 Å². The predicted octanol–water partition coefficient (Wildman–Crippen LogP) is 1.17. The highest BCUT2D eigenvalue weighted by atomic mass is 16.7. The van der Waals surface area contributed by atoms with E-state index in [0.717, 1.165) is 0 Å². The normalized spacial score (nSPS) is 41.6. The van der Waals surface area contributed by atoms with Gasteiger partial charge >= 0.3 is 11.9 Å². The number of aliphatic hydroxyl groups excluding tert-OH is 2. The molecule has 0 spiro atoms. The highest BCUT2D eigenvalue weighted by Crippen LogP contribution is 2.49. The first-order valence-electron chi connectivity index (χ1n) is 9.60. The van der Waals surface area contributed by atoms with Crippen molar-refractivity contribution in [2.45, 2.75) is 63.3 Å². The number of aliphatic hydroxyl groups is 2. The third-order valence-corrected chi connectivity index (χ3v) is 6.20. The maximum Gasteiger partial charge on any atom is 0.334 e. The SMILES string of the molecule is C=C1C(=O)OC2/C=C(/CO)C3(OC)CC(O)C(C)(CC(OC(=O)/C(C)=C\C)C12)O3. The molecule has 2 fully saturated rings. The Bertz CT molecular complexity index is 784. The lowest BCUT2D eigenvalue weighted by Gasteiger charge is -2.35. The van der Waals surface area contributed by atoms with Crippen LogP contribution in [0.2, 0.25) is 0 Å². The molecule has 0 aromatic heterocycles. The lowest BCUT2D eigenvalue weighted by Crippen LogP contribution is -2.45. The van der Waals surface area contributed by atoms with Gasteiger partial charge in [-0.25, -0.2) is 9.59 Å². The van der Waals surface area contributed by atoms with E-state index in [-0.39, 0.29) is 18.4 Å². The quantitative estimate of drug-likeness (QED) is 0.405. The standard InChI is InChI=1S/C21H28O8/c1-6-11(2)18(24)28-15-8-20(4)16(23)9-21(26-5,29-20)13(10-22)7-14-17(15)12(3)19(25)27-14/h6-7,14-17,22-23H,3,8-10H2,1-2,4-5H3/b11-6-,13-7-. The zero-order chi connectivity index (χ0) is 21.6. The number of hydrogen-bond donors (Lipinski definition) is 2. The van der Waals surface area contributed by atoms with E-state index < -0.39 is 54.2 Å². The van der Waals surface area contributed by atoms with Crippen LogP contribution in [-0.2, 0) is 28.5 Å². The van der Waals surface area contributed by atoms with E-state index in [2.05, 4.69) is 6.58 Å². The second-order valence-corrected chi connectivity index (χ2v) is 7.98. The molecule has 0 aromatic rings. The Morgan fingerprint density at radius 2 is 2.14 bits per heavy atom. The van der Waals surface area contributed by atoms with Crippen LogP contribution < -0.4 is 0 Å². The Hall–Kier alpha value is -2.00. The second-order valence-electron chi connectivity index (χ2n) is 7.98. The van der Waals surface area contributed by atoms with Gasteiger partial charge in [-0.15, -0.1) is 0 Å². The third kappa shape index (κ3) is 3.54. The Balaban J connectivity index is 2.11. The summed E-state index contributed by atoms with van der Waals surface area (Å²) >= 11 is 0. The third-order valence-electron chi connectivity index (χ3n) is 6.20. The van der Waals surface area contributed by atoms with Gasteiger partial charge in [0.25, 0.3) is 0 Å². The van der Waals surface area contributed by atoms with Crippen LogP contribution in [0.1, 0.15) is 33.6 Å². The second kappa shape index (κ2) is 7.68. The van der Waals surface area contributed by atoms with Gasteiger partial charge in [0.1, 0.15) is 12.2 Å². The summed E-state index contributed by atoms with van der Waals surface area (Å²) < 4.78 is 22.9. The largest absolute Gasteiger partial charge is 0.458 e. The van der Waals surface area contributed by atoms with Crippen LogP contribution in [0.3, 0.4) is 0 Å². The number of rotatable bonds is 4. The highest BCUT2D eigenvalue weighted by Gasteiger charge is 2.59. The minimum atomic E-state index is -1.37. The summed E-state index contributed by atoms with van der Waals surface area (Å²) in [4.78, 5) is 24.8. The molecule has 0 radical (unpaired) electrons. The van der Waals surface area contributed by atoms with Gasteiger partial charge in [-0.05, 0) is 26.8 Å². The van der Waals surface area contributed by atoms with Gasteiger partial charge in [0.15, 0.2) is 5.79 Å². The first kappa shape index (κ1) is 21.7. The van der Waals surface area contributed by atoms with Crippen molar-refractivity contribution in [2.75, 3.05) is 13.7 Å². The van der Waals surface area contributed by atoms with Crippen molar-refractivity contribution in [2.24, 2.45) is 5.92 Å². The van der Waals surface area contributed by atoms with Gasteiger partial charge in [-0.1, -0.05) is 12.7 Å². The van der Waals surface area contributed by atoms with Gasteiger partial charge in [0.2, 0.25) is 0 Å².